The number of fused-ring (bicyclic) bond motifs is 8. The van der Waals surface area contributed by atoms with Crippen LogP contribution in [0.25, 0.3) is 97.8 Å². The molecule has 8 aromatic carbocycles. The van der Waals surface area contributed by atoms with Gasteiger partial charge in [0.05, 0.1) is 16.6 Å². The third-order valence-electron chi connectivity index (χ3n) is 10.7. The average molecular weight is 693 g/mol. The van der Waals surface area contributed by atoms with Crippen LogP contribution in [0.15, 0.2) is 194 Å². The monoisotopic (exact) mass is 692 g/mol. The molecule has 0 N–H and O–H groups in total. The van der Waals surface area contributed by atoms with Crippen LogP contribution >= 0.6 is 11.3 Å². The molecular formula is C50H32N2S. The average Bonchev–Trinajstić information content (AvgIpc) is 3.88. The highest BCUT2D eigenvalue weighted by molar-refractivity contribution is 7.25. The van der Waals surface area contributed by atoms with Crippen LogP contribution < -0.4 is 0 Å². The van der Waals surface area contributed by atoms with E-state index < -0.39 is 0 Å². The van der Waals surface area contributed by atoms with Gasteiger partial charge in [0.2, 0.25) is 0 Å². The molecule has 0 fully saturated rings. The zero-order valence-electron chi connectivity index (χ0n) is 28.8. The summed E-state index contributed by atoms with van der Waals surface area (Å²) in [6.07, 6.45) is 0. The van der Waals surface area contributed by atoms with E-state index in [0.717, 1.165) is 5.69 Å². The third kappa shape index (κ3) is 4.78. The maximum absolute atomic E-state index is 2.42. The summed E-state index contributed by atoms with van der Waals surface area (Å²) in [6, 6.07) is 70.8. The van der Waals surface area contributed by atoms with E-state index in [2.05, 4.69) is 203 Å². The maximum Gasteiger partial charge on any atom is 0.109 e. The van der Waals surface area contributed by atoms with Gasteiger partial charge in [0.25, 0.3) is 0 Å². The van der Waals surface area contributed by atoms with Gasteiger partial charge in [0.1, 0.15) is 4.83 Å². The molecule has 0 amide bonds. The Labute approximate surface area is 311 Å². The Kier molecular flexibility index (Phi) is 6.76. The molecule has 3 aromatic heterocycles. The standard InChI is InChI=1S/C50H32N2S/c1-4-12-33(13-5-1)36-22-27-46-42(30-36)43-31-37(34-14-6-2-7-15-34)23-28-47(43)51(46)40-25-20-35(21-26-40)38-24-29-48-44(32-38)49-41-18-10-11-19-45(41)52(50(49)53-48)39-16-8-3-9-17-39/h1-32H. The molecule has 0 aliphatic carbocycles. The fourth-order valence-corrected chi connectivity index (χ4v) is 9.46. The summed E-state index contributed by atoms with van der Waals surface area (Å²) in [7, 11) is 0. The van der Waals surface area contributed by atoms with Gasteiger partial charge in [-0.25, -0.2) is 0 Å². The van der Waals surface area contributed by atoms with E-state index in [-0.39, 0.29) is 0 Å². The highest BCUT2D eigenvalue weighted by Crippen LogP contribution is 2.44. The van der Waals surface area contributed by atoms with E-state index in [9.17, 15) is 0 Å². The number of rotatable bonds is 5. The van der Waals surface area contributed by atoms with E-state index >= 15 is 0 Å². The number of aromatic nitrogens is 2. The fourth-order valence-electron chi connectivity index (χ4n) is 8.23. The summed E-state index contributed by atoms with van der Waals surface area (Å²) in [5.41, 5.74) is 13.3. The van der Waals surface area contributed by atoms with E-state index in [1.54, 1.807) is 0 Å². The summed E-state index contributed by atoms with van der Waals surface area (Å²) in [6.45, 7) is 0. The number of nitrogens with zero attached hydrogens (tertiary/aromatic N) is 2. The highest BCUT2D eigenvalue weighted by atomic mass is 32.1. The van der Waals surface area contributed by atoms with Crippen molar-refractivity contribution in [1.82, 2.24) is 9.13 Å². The molecule has 53 heavy (non-hydrogen) atoms. The minimum Gasteiger partial charge on any atom is -0.309 e. The molecule has 0 bridgehead atoms. The first-order valence-corrected chi connectivity index (χ1v) is 18.9. The van der Waals surface area contributed by atoms with E-state index in [1.165, 1.54) is 92.1 Å². The van der Waals surface area contributed by atoms with Crippen molar-refractivity contribution >= 4 is 64.3 Å². The Bertz CT molecular complexity index is 3030. The molecule has 0 aliphatic heterocycles. The van der Waals surface area contributed by atoms with Crippen LogP contribution in [0.5, 0.6) is 0 Å². The molecule has 0 unspecified atom stereocenters. The van der Waals surface area contributed by atoms with Crippen LogP contribution in [-0.2, 0) is 0 Å². The predicted octanol–water partition coefficient (Wildman–Crippen LogP) is 14.1. The Morgan fingerprint density at radius 3 is 1.38 bits per heavy atom. The number of para-hydroxylation sites is 2. The quantitative estimate of drug-likeness (QED) is 0.170. The van der Waals surface area contributed by atoms with E-state index in [1.807, 2.05) is 11.3 Å². The van der Waals surface area contributed by atoms with Crippen LogP contribution in [0.3, 0.4) is 0 Å². The third-order valence-corrected chi connectivity index (χ3v) is 11.9. The van der Waals surface area contributed by atoms with Crippen molar-refractivity contribution in [3.8, 4) is 44.8 Å². The van der Waals surface area contributed by atoms with Gasteiger partial charge in [-0.3, -0.25) is 0 Å². The second-order valence-corrected chi connectivity index (χ2v) is 14.8. The molecule has 3 heteroatoms. The summed E-state index contributed by atoms with van der Waals surface area (Å²) in [5.74, 6) is 0. The van der Waals surface area contributed by atoms with Gasteiger partial charge in [0.15, 0.2) is 0 Å². The van der Waals surface area contributed by atoms with Gasteiger partial charge in [0, 0.05) is 43.0 Å². The van der Waals surface area contributed by atoms with Crippen LogP contribution in [0.2, 0.25) is 0 Å². The first kappa shape index (κ1) is 30.0. The molecule has 2 nitrogen and oxygen atoms in total. The largest absolute Gasteiger partial charge is 0.309 e. The lowest BCUT2D eigenvalue weighted by Crippen LogP contribution is -1.94. The van der Waals surface area contributed by atoms with Gasteiger partial charge < -0.3 is 9.13 Å². The van der Waals surface area contributed by atoms with Crippen molar-refractivity contribution in [2.75, 3.05) is 0 Å². The lowest BCUT2D eigenvalue weighted by atomic mass is 10.0. The normalized spacial score (nSPS) is 11.8. The summed E-state index contributed by atoms with van der Waals surface area (Å²) >= 11 is 1.87. The predicted molar refractivity (Wildman–Crippen MR) is 227 cm³/mol. The summed E-state index contributed by atoms with van der Waals surface area (Å²) in [4.78, 5) is 1.29. The maximum atomic E-state index is 2.42. The van der Waals surface area contributed by atoms with Crippen LogP contribution in [0, 0.1) is 0 Å². The van der Waals surface area contributed by atoms with Crippen LogP contribution in [-0.4, -0.2) is 9.13 Å². The molecule has 0 saturated heterocycles. The lowest BCUT2D eigenvalue weighted by molar-refractivity contribution is 1.18. The van der Waals surface area contributed by atoms with Gasteiger partial charge in [-0.15, -0.1) is 11.3 Å². The van der Waals surface area contributed by atoms with Crippen LogP contribution in [0.4, 0.5) is 0 Å². The molecular weight excluding hydrogens is 661 g/mol. The van der Waals surface area contributed by atoms with Crippen molar-refractivity contribution in [3.63, 3.8) is 0 Å². The molecule has 3 heterocycles. The molecule has 11 aromatic rings. The number of benzene rings is 8. The minimum absolute atomic E-state index is 1.15. The first-order chi connectivity index (χ1) is 26.3. The van der Waals surface area contributed by atoms with Crippen molar-refractivity contribution in [3.05, 3.63) is 194 Å². The van der Waals surface area contributed by atoms with E-state index in [4.69, 9.17) is 0 Å². The molecule has 0 spiro atoms. The molecule has 248 valence electrons. The van der Waals surface area contributed by atoms with Crippen LogP contribution in [0.1, 0.15) is 0 Å². The second kappa shape index (κ2) is 11.9. The van der Waals surface area contributed by atoms with Gasteiger partial charge in [-0.2, -0.15) is 0 Å². The number of hydrogen-bond acceptors (Lipinski definition) is 1. The Morgan fingerprint density at radius 2 is 0.755 bits per heavy atom. The highest BCUT2D eigenvalue weighted by Gasteiger charge is 2.19. The Hall–Kier alpha value is -6.68. The minimum atomic E-state index is 1.15. The van der Waals surface area contributed by atoms with Gasteiger partial charge >= 0.3 is 0 Å². The van der Waals surface area contributed by atoms with E-state index in [0.29, 0.717) is 0 Å². The van der Waals surface area contributed by atoms with Gasteiger partial charge in [-0.1, -0.05) is 127 Å². The molecule has 0 atom stereocenters. The zero-order valence-corrected chi connectivity index (χ0v) is 29.6. The fraction of sp³-hybridized carbons (Fsp3) is 0. The molecule has 0 radical (unpaired) electrons. The van der Waals surface area contributed by atoms with Crippen molar-refractivity contribution in [2.24, 2.45) is 0 Å². The number of thiophene rings is 1. The molecule has 11 rings (SSSR count). The van der Waals surface area contributed by atoms with Crippen molar-refractivity contribution < 1.29 is 0 Å². The lowest BCUT2D eigenvalue weighted by Gasteiger charge is -2.10. The van der Waals surface area contributed by atoms with Crippen molar-refractivity contribution in [1.29, 1.82) is 0 Å². The number of hydrogen-bond donors (Lipinski definition) is 0. The smallest absolute Gasteiger partial charge is 0.109 e. The topological polar surface area (TPSA) is 9.86 Å². The second-order valence-electron chi connectivity index (χ2n) is 13.8. The zero-order chi connectivity index (χ0) is 34.9. The van der Waals surface area contributed by atoms with Crippen molar-refractivity contribution in [2.45, 2.75) is 0 Å². The molecule has 0 aliphatic rings. The Balaban J connectivity index is 1.05. The first-order valence-electron chi connectivity index (χ1n) is 18.1. The summed E-state index contributed by atoms with van der Waals surface area (Å²) in [5, 5.41) is 6.44. The Morgan fingerprint density at radius 1 is 0.302 bits per heavy atom. The summed E-state index contributed by atoms with van der Waals surface area (Å²) < 4.78 is 6.14. The molecule has 0 saturated carbocycles. The van der Waals surface area contributed by atoms with Gasteiger partial charge in [-0.05, 0) is 100 Å². The SMILES string of the molecule is c1ccc(-c2ccc3c(c2)c2cc(-c4ccccc4)ccc2n3-c2ccc(-c3ccc4sc5c(c4c3)c3ccccc3n5-c3ccccc3)cc2)cc1.